The van der Waals surface area contributed by atoms with Crippen LogP contribution in [0.2, 0.25) is 0 Å². The predicted molar refractivity (Wildman–Crippen MR) is 112 cm³/mol. The highest BCUT2D eigenvalue weighted by Gasteiger charge is 2.37. The Balaban J connectivity index is 1.63. The van der Waals surface area contributed by atoms with Gasteiger partial charge in [0.15, 0.2) is 5.82 Å². The van der Waals surface area contributed by atoms with E-state index < -0.39 is 17.7 Å². The average Bonchev–Trinajstić information content (AvgIpc) is 3.02. The van der Waals surface area contributed by atoms with E-state index in [-0.39, 0.29) is 41.2 Å². The van der Waals surface area contributed by atoms with Crippen LogP contribution in [0.25, 0.3) is 0 Å². The number of urea groups is 1. The first-order chi connectivity index (χ1) is 14.7. The van der Waals surface area contributed by atoms with Crippen molar-refractivity contribution in [2.75, 3.05) is 25.5 Å². The van der Waals surface area contributed by atoms with E-state index in [1.807, 2.05) is 6.92 Å². The summed E-state index contributed by atoms with van der Waals surface area (Å²) in [5.74, 6) is -2.01. The number of aliphatic hydroxyl groups is 1. The number of hydrogen-bond acceptors (Lipinski definition) is 4. The Morgan fingerprint density at radius 1 is 1.35 bits per heavy atom. The average molecular weight is 498 g/mol. The summed E-state index contributed by atoms with van der Waals surface area (Å²) in [4.78, 5) is 28.9. The van der Waals surface area contributed by atoms with Crippen molar-refractivity contribution in [1.29, 1.82) is 0 Å². The van der Waals surface area contributed by atoms with Gasteiger partial charge in [-0.3, -0.25) is 9.48 Å². The number of amides is 3. The van der Waals surface area contributed by atoms with Crippen LogP contribution in [0.4, 0.5) is 19.3 Å². The fraction of sp³-hybridized carbons (Fsp3) is 0.450. The van der Waals surface area contributed by atoms with E-state index in [9.17, 15) is 23.5 Å². The third-order valence-corrected chi connectivity index (χ3v) is 6.52. The third-order valence-electron chi connectivity index (χ3n) is 5.79. The van der Waals surface area contributed by atoms with E-state index in [0.717, 1.165) is 17.8 Å². The van der Waals surface area contributed by atoms with Crippen molar-refractivity contribution >= 4 is 33.6 Å². The molecular formula is C20H22BrF2N5O3. The maximum Gasteiger partial charge on any atom is 0.322 e. The fourth-order valence-electron chi connectivity index (χ4n) is 4.12. The molecular weight excluding hydrogens is 476 g/mol. The van der Waals surface area contributed by atoms with Gasteiger partial charge in [0, 0.05) is 50.7 Å². The summed E-state index contributed by atoms with van der Waals surface area (Å²) in [7, 11) is 1.67. The lowest BCUT2D eigenvalue weighted by Crippen LogP contribution is -2.45. The van der Waals surface area contributed by atoms with Crippen LogP contribution in [-0.2, 0) is 19.5 Å². The van der Waals surface area contributed by atoms with E-state index in [0.29, 0.717) is 30.8 Å². The zero-order valence-corrected chi connectivity index (χ0v) is 18.6. The maximum absolute atomic E-state index is 14.3. The minimum atomic E-state index is -0.898. The standard InChI is InChI=1S/C20H22BrF2N5O3/c1-10-5-15-12(18-19(30)26(2)6-11(9-29)7-28(18)25-15)8-27(10)20(31)24-14-4-3-13(22)16(21)17(14)23/h3-4,10-11,29H,5-9H2,1-2H3,(H,24,31)/t10-,11+/m1/s1. The van der Waals surface area contributed by atoms with Crippen molar-refractivity contribution in [1.82, 2.24) is 19.6 Å². The number of hydrogen-bond donors (Lipinski definition) is 2. The molecule has 1 aromatic carbocycles. The van der Waals surface area contributed by atoms with Crippen molar-refractivity contribution in [2.45, 2.75) is 32.5 Å². The molecule has 8 nitrogen and oxygen atoms in total. The summed E-state index contributed by atoms with van der Waals surface area (Å²) in [6, 6.07) is 1.41. The van der Waals surface area contributed by atoms with Gasteiger partial charge in [0.2, 0.25) is 0 Å². The fourth-order valence-corrected chi connectivity index (χ4v) is 4.46. The predicted octanol–water partition coefficient (Wildman–Crippen LogP) is 2.60. The molecule has 0 saturated carbocycles. The topological polar surface area (TPSA) is 90.7 Å². The highest BCUT2D eigenvalue weighted by atomic mass is 79.9. The van der Waals surface area contributed by atoms with Crippen molar-refractivity contribution in [3.63, 3.8) is 0 Å². The summed E-state index contributed by atoms with van der Waals surface area (Å²) in [5.41, 5.74) is 1.66. The number of aromatic nitrogens is 2. The van der Waals surface area contributed by atoms with Gasteiger partial charge in [0.1, 0.15) is 11.5 Å². The smallest absolute Gasteiger partial charge is 0.322 e. The largest absolute Gasteiger partial charge is 0.396 e. The van der Waals surface area contributed by atoms with Gasteiger partial charge in [-0.1, -0.05) is 0 Å². The van der Waals surface area contributed by atoms with Crippen LogP contribution in [0.1, 0.15) is 28.7 Å². The molecule has 31 heavy (non-hydrogen) atoms. The van der Waals surface area contributed by atoms with Crippen molar-refractivity contribution in [3.05, 3.63) is 45.2 Å². The summed E-state index contributed by atoms with van der Waals surface area (Å²) < 4.78 is 29.1. The van der Waals surface area contributed by atoms with Gasteiger partial charge in [-0.15, -0.1) is 0 Å². The number of carbonyl (C=O) groups is 2. The second-order valence-corrected chi connectivity index (χ2v) is 8.82. The van der Waals surface area contributed by atoms with E-state index in [1.54, 1.807) is 16.6 Å². The Hall–Kier alpha value is -2.53. The molecule has 2 aliphatic heterocycles. The molecule has 1 aromatic heterocycles. The zero-order chi connectivity index (χ0) is 22.4. The first kappa shape index (κ1) is 21.7. The van der Waals surface area contributed by atoms with Crippen LogP contribution in [0.15, 0.2) is 16.6 Å². The molecule has 166 valence electrons. The molecule has 4 rings (SSSR count). The molecule has 0 radical (unpaired) electrons. The van der Waals surface area contributed by atoms with E-state index in [2.05, 4.69) is 26.3 Å². The molecule has 2 aromatic rings. The van der Waals surface area contributed by atoms with Gasteiger partial charge >= 0.3 is 6.03 Å². The Kier molecular flexibility index (Phi) is 5.73. The van der Waals surface area contributed by atoms with Crippen molar-refractivity contribution in [3.8, 4) is 0 Å². The number of nitrogens with zero attached hydrogens (tertiary/aromatic N) is 4. The second-order valence-electron chi connectivity index (χ2n) is 8.02. The Bertz CT molecular complexity index is 1060. The highest BCUT2D eigenvalue weighted by molar-refractivity contribution is 9.10. The van der Waals surface area contributed by atoms with E-state index >= 15 is 0 Å². The molecule has 2 aliphatic rings. The minimum Gasteiger partial charge on any atom is -0.396 e. The molecule has 2 atom stereocenters. The first-order valence-corrected chi connectivity index (χ1v) is 10.7. The lowest BCUT2D eigenvalue weighted by Gasteiger charge is -2.33. The number of aliphatic hydroxyl groups excluding tert-OH is 1. The third kappa shape index (κ3) is 3.80. The summed E-state index contributed by atoms with van der Waals surface area (Å²) in [6.07, 6.45) is 0.430. The maximum atomic E-state index is 14.3. The van der Waals surface area contributed by atoms with Crippen LogP contribution in [0, 0.1) is 17.6 Å². The minimum absolute atomic E-state index is 0.0642. The summed E-state index contributed by atoms with van der Waals surface area (Å²) >= 11 is 2.83. The van der Waals surface area contributed by atoms with E-state index in [4.69, 9.17) is 0 Å². The van der Waals surface area contributed by atoms with Crippen LogP contribution >= 0.6 is 15.9 Å². The van der Waals surface area contributed by atoms with Gasteiger partial charge in [0.25, 0.3) is 5.91 Å². The van der Waals surface area contributed by atoms with Crippen LogP contribution in [0.5, 0.6) is 0 Å². The zero-order valence-electron chi connectivity index (χ0n) is 17.0. The normalized spacial score (nSPS) is 20.9. The molecule has 3 amide bonds. The van der Waals surface area contributed by atoms with Gasteiger partial charge in [-0.2, -0.15) is 5.10 Å². The SMILES string of the molecule is C[C@@H]1Cc2nn3c(c2CN1C(=O)Nc1ccc(F)c(Br)c1F)C(=O)N(C)C[C@H](CO)C3. The number of rotatable bonds is 2. The number of fused-ring (bicyclic) bond motifs is 3. The summed E-state index contributed by atoms with van der Waals surface area (Å²) in [5, 5.41) is 16.7. The Morgan fingerprint density at radius 2 is 2.10 bits per heavy atom. The van der Waals surface area contributed by atoms with Gasteiger partial charge in [-0.25, -0.2) is 13.6 Å². The van der Waals surface area contributed by atoms with E-state index in [1.165, 1.54) is 4.90 Å². The summed E-state index contributed by atoms with van der Waals surface area (Å²) in [6.45, 7) is 2.72. The molecule has 0 spiro atoms. The van der Waals surface area contributed by atoms with Crippen LogP contribution in [-0.4, -0.2) is 62.9 Å². The molecule has 0 unspecified atom stereocenters. The number of carbonyl (C=O) groups excluding carboxylic acids is 2. The van der Waals surface area contributed by atoms with Gasteiger partial charge in [-0.05, 0) is 35.0 Å². The second kappa shape index (κ2) is 8.19. The van der Waals surface area contributed by atoms with Gasteiger partial charge < -0.3 is 20.2 Å². The van der Waals surface area contributed by atoms with Crippen LogP contribution < -0.4 is 5.32 Å². The molecule has 0 fully saturated rings. The number of benzene rings is 1. The molecule has 0 aliphatic carbocycles. The Labute approximate surface area is 185 Å². The number of halogens is 3. The van der Waals surface area contributed by atoms with Gasteiger partial charge in [0.05, 0.1) is 22.4 Å². The van der Waals surface area contributed by atoms with Crippen molar-refractivity contribution in [2.24, 2.45) is 5.92 Å². The first-order valence-electron chi connectivity index (χ1n) is 9.87. The highest BCUT2D eigenvalue weighted by Crippen LogP contribution is 2.30. The molecule has 0 saturated heterocycles. The molecule has 11 heteroatoms. The van der Waals surface area contributed by atoms with Crippen LogP contribution in [0.3, 0.4) is 0 Å². The lowest BCUT2D eigenvalue weighted by atomic mass is 9.99. The Morgan fingerprint density at radius 3 is 2.81 bits per heavy atom. The number of anilines is 1. The molecule has 2 N–H and O–H groups in total. The monoisotopic (exact) mass is 497 g/mol. The lowest BCUT2D eigenvalue weighted by molar-refractivity contribution is 0.0761. The molecule has 3 heterocycles. The quantitative estimate of drug-likeness (QED) is 0.624. The number of nitrogens with one attached hydrogen (secondary N) is 1. The van der Waals surface area contributed by atoms with Crippen molar-refractivity contribution < 1.29 is 23.5 Å². The molecule has 0 bridgehead atoms.